The van der Waals surface area contributed by atoms with E-state index >= 15 is 0 Å². The molecule has 2 atom stereocenters. The Hall–Kier alpha value is -2.78. The van der Waals surface area contributed by atoms with Gasteiger partial charge in [-0.05, 0) is 53.3 Å². The molecule has 204 valence electrons. The lowest BCUT2D eigenvalue weighted by Gasteiger charge is -2.39. The van der Waals surface area contributed by atoms with Crippen molar-refractivity contribution in [1.29, 1.82) is 0 Å². The molecule has 1 aliphatic rings. The number of ether oxygens (including phenoxy) is 2. The topological polar surface area (TPSA) is 103 Å². The van der Waals surface area contributed by atoms with Crippen LogP contribution in [0.15, 0.2) is 42.5 Å². The van der Waals surface area contributed by atoms with Crippen molar-refractivity contribution in [3.63, 3.8) is 0 Å². The number of Topliss-reactive ketones (excluding diaryl/α,β-unsaturated/α-hetero) is 1. The monoisotopic (exact) mass is 532 g/mol. The minimum absolute atomic E-state index is 0.00388. The normalized spacial score (nSPS) is 21.0. The highest BCUT2D eigenvalue weighted by molar-refractivity contribution is 7.87. The van der Waals surface area contributed by atoms with Crippen LogP contribution in [-0.2, 0) is 21.5 Å². The highest BCUT2D eigenvalue weighted by atomic mass is 32.2. The number of anilines is 1. The molecular formula is C28H40N2O6S. The molecule has 0 unspecified atom stereocenters. The molecule has 1 saturated carbocycles. The minimum Gasteiger partial charge on any atom is -0.493 e. The third-order valence-corrected chi connectivity index (χ3v) is 9.31. The number of carbonyl (C=O) groups is 1. The van der Waals surface area contributed by atoms with Crippen molar-refractivity contribution in [3.8, 4) is 17.2 Å². The quantitative estimate of drug-likeness (QED) is 0.284. The van der Waals surface area contributed by atoms with Gasteiger partial charge in [-0.2, -0.15) is 8.42 Å². The molecule has 0 radical (unpaired) electrons. The average molecular weight is 533 g/mol. The zero-order valence-electron chi connectivity index (χ0n) is 22.7. The van der Waals surface area contributed by atoms with E-state index in [9.17, 15) is 13.2 Å². The van der Waals surface area contributed by atoms with E-state index in [0.717, 1.165) is 24.2 Å². The Balaban J connectivity index is 1.48. The van der Waals surface area contributed by atoms with Crippen molar-refractivity contribution in [2.75, 3.05) is 38.4 Å². The number of benzene rings is 2. The van der Waals surface area contributed by atoms with E-state index in [1.807, 2.05) is 39.0 Å². The standard InChI is InChI=1S/C28H40N2O6S/c1-7-21-17-26(31)28(4,27(21,2)3)19-37(32,33)36-23-11-9-22(10-12-23)30-15-14-29-18-20-8-13-24(34-5)25(16-20)35-6/h8-13,16,21,29-30H,7,14-15,17-19H2,1-6H3/t21-,28-/m0/s1. The van der Waals surface area contributed by atoms with Crippen molar-refractivity contribution < 1.29 is 26.9 Å². The van der Waals surface area contributed by atoms with E-state index in [2.05, 4.69) is 10.6 Å². The Morgan fingerprint density at radius 2 is 1.65 bits per heavy atom. The number of ketones is 1. The van der Waals surface area contributed by atoms with Crippen molar-refractivity contribution in [1.82, 2.24) is 5.32 Å². The maximum Gasteiger partial charge on any atom is 0.310 e. The summed E-state index contributed by atoms with van der Waals surface area (Å²) in [6.45, 7) is 9.88. The van der Waals surface area contributed by atoms with E-state index in [0.29, 0.717) is 31.0 Å². The second kappa shape index (κ2) is 11.7. The lowest BCUT2D eigenvalue weighted by atomic mass is 9.66. The zero-order chi connectivity index (χ0) is 27.3. The molecule has 0 amide bonds. The van der Waals surface area contributed by atoms with Crippen LogP contribution in [0.25, 0.3) is 0 Å². The summed E-state index contributed by atoms with van der Waals surface area (Å²) in [6, 6.07) is 12.6. The number of carbonyl (C=O) groups excluding carboxylic acids is 1. The fourth-order valence-corrected chi connectivity index (χ4v) is 6.82. The summed E-state index contributed by atoms with van der Waals surface area (Å²) in [6.07, 6.45) is 1.26. The van der Waals surface area contributed by atoms with E-state index in [1.54, 1.807) is 45.4 Å². The summed E-state index contributed by atoms with van der Waals surface area (Å²) >= 11 is 0. The molecular weight excluding hydrogens is 492 g/mol. The van der Waals surface area contributed by atoms with Crippen LogP contribution in [-0.4, -0.2) is 47.3 Å². The first-order chi connectivity index (χ1) is 17.5. The van der Waals surface area contributed by atoms with Crippen molar-refractivity contribution >= 4 is 21.6 Å². The largest absolute Gasteiger partial charge is 0.493 e. The molecule has 2 N–H and O–H groups in total. The fraction of sp³-hybridized carbons (Fsp3) is 0.536. The summed E-state index contributed by atoms with van der Waals surface area (Å²) in [7, 11) is -0.727. The van der Waals surface area contributed by atoms with Crippen LogP contribution in [0, 0.1) is 16.7 Å². The number of hydrogen-bond donors (Lipinski definition) is 2. The Bertz CT molecular complexity index is 1180. The molecule has 2 aromatic rings. The van der Waals surface area contributed by atoms with Crippen molar-refractivity contribution in [2.45, 2.75) is 47.1 Å². The highest BCUT2D eigenvalue weighted by Gasteiger charge is 2.58. The first-order valence-corrected chi connectivity index (χ1v) is 14.2. The van der Waals surface area contributed by atoms with Crippen LogP contribution in [0.5, 0.6) is 17.2 Å². The predicted molar refractivity (Wildman–Crippen MR) is 146 cm³/mol. The number of methoxy groups -OCH3 is 2. The van der Waals surface area contributed by atoms with Gasteiger partial charge < -0.3 is 24.3 Å². The number of hydrogen-bond acceptors (Lipinski definition) is 8. The van der Waals surface area contributed by atoms with E-state index < -0.39 is 20.9 Å². The van der Waals surface area contributed by atoms with E-state index in [4.69, 9.17) is 13.7 Å². The van der Waals surface area contributed by atoms with Gasteiger partial charge in [-0.15, -0.1) is 0 Å². The van der Waals surface area contributed by atoms with Crippen LogP contribution >= 0.6 is 0 Å². The number of nitrogens with one attached hydrogen (secondary N) is 2. The molecule has 9 heteroatoms. The van der Waals surface area contributed by atoms with Gasteiger partial charge in [0.2, 0.25) is 0 Å². The Labute approximate surface area is 221 Å². The summed E-state index contributed by atoms with van der Waals surface area (Å²) in [5.41, 5.74) is 0.540. The fourth-order valence-electron chi connectivity index (χ4n) is 5.11. The van der Waals surface area contributed by atoms with Crippen molar-refractivity contribution in [2.24, 2.45) is 16.7 Å². The molecule has 8 nitrogen and oxygen atoms in total. The molecule has 1 aliphatic carbocycles. The second-order valence-electron chi connectivity index (χ2n) is 10.4. The maximum absolute atomic E-state index is 12.9. The Morgan fingerprint density at radius 3 is 2.24 bits per heavy atom. The molecule has 0 aromatic heterocycles. The SMILES string of the molecule is CC[C@H]1CC(=O)[C@](C)(CS(=O)(=O)Oc2ccc(NCCNCc3ccc(OC)c(OC)c3)cc2)C1(C)C. The number of rotatable bonds is 13. The van der Waals surface area contributed by atoms with Gasteiger partial charge in [-0.3, -0.25) is 4.79 Å². The van der Waals surface area contributed by atoms with Gasteiger partial charge in [0.15, 0.2) is 11.5 Å². The Kier molecular flexibility index (Phi) is 9.13. The molecule has 0 aliphatic heterocycles. The van der Waals surface area contributed by atoms with Gasteiger partial charge in [-0.1, -0.05) is 40.2 Å². The molecule has 0 spiro atoms. The molecule has 0 saturated heterocycles. The van der Waals surface area contributed by atoms with Gasteiger partial charge in [0.05, 0.1) is 20.0 Å². The predicted octanol–water partition coefficient (Wildman–Crippen LogP) is 4.65. The van der Waals surface area contributed by atoms with Gasteiger partial charge in [0.25, 0.3) is 0 Å². The lowest BCUT2D eigenvalue weighted by Crippen LogP contribution is -2.44. The van der Waals surface area contributed by atoms with Crippen LogP contribution in [0.1, 0.15) is 46.1 Å². The van der Waals surface area contributed by atoms with E-state index in [-0.39, 0.29) is 23.2 Å². The third-order valence-electron chi connectivity index (χ3n) is 7.93. The second-order valence-corrected chi connectivity index (χ2v) is 12.0. The lowest BCUT2D eigenvalue weighted by molar-refractivity contribution is -0.126. The van der Waals surface area contributed by atoms with Gasteiger partial charge in [0.1, 0.15) is 11.5 Å². The van der Waals surface area contributed by atoms with E-state index in [1.165, 1.54) is 0 Å². The maximum atomic E-state index is 12.9. The molecule has 2 aromatic carbocycles. The van der Waals surface area contributed by atoms with Crippen LogP contribution in [0.4, 0.5) is 5.69 Å². The molecule has 0 heterocycles. The molecule has 1 fully saturated rings. The van der Waals surface area contributed by atoms with Crippen LogP contribution in [0.3, 0.4) is 0 Å². The van der Waals surface area contributed by atoms with Crippen molar-refractivity contribution in [3.05, 3.63) is 48.0 Å². The van der Waals surface area contributed by atoms with Gasteiger partial charge in [-0.25, -0.2) is 0 Å². The molecule has 37 heavy (non-hydrogen) atoms. The Morgan fingerprint density at radius 1 is 0.973 bits per heavy atom. The summed E-state index contributed by atoms with van der Waals surface area (Å²) in [5, 5.41) is 6.67. The zero-order valence-corrected chi connectivity index (χ0v) is 23.5. The first-order valence-electron chi connectivity index (χ1n) is 12.7. The highest BCUT2D eigenvalue weighted by Crippen LogP contribution is 2.55. The summed E-state index contributed by atoms with van der Waals surface area (Å²) < 4.78 is 41.8. The van der Waals surface area contributed by atoms with Crippen LogP contribution < -0.4 is 24.3 Å². The third kappa shape index (κ3) is 6.57. The van der Waals surface area contributed by atoms with Gasteiger partial charge >= 0.3 is 10.1 Å². The van der Waals surface area contributed by atoms with Gasteiger partial charge in [0, 0.05) is 37.2 Å². The molecule has 0 bridgehead atoms. The van der Waals surface area contributed by atoms with Crippen LogP contribution in [0.2, 0.25) is 0 Å². The molecule has 3 rings (SSSR count). The first kappa shape index (κ1) is 28.8. The summed E-state index contributed by atoms with van der Waals surface area (Å²) in [5.74, 6) is 1.46. The summed E-state index contributed by atoms with van der Waals surface area (Å²) in [4.78, 5) is 12.8. The smallest absolute Gasteiger partial charge is 0.310 e. The minimum atomic E-state index is -3.95. The average Bonchev–Trinajstić information content (AvgIpc) is 3.02.